The minimum absolute atomic E-state index is 0.0494. The van der Waals surface area contributed by atoms with Crippen molar-refractivity contribution in [3.05, 3.63) is 77.9 Å². The highest BCUT2D eigenvalue weighted by molar-refractivity contribution is 6.09. The Morgan fingerprint density at radius 2 is 1.69 bits per heavy atom. The lowest BCUT2D eigenvalue weighted by atomic mass is 9.99. The smallest absolute Gasteiger partial charge is 0.188 e. The molecule has 0 aliphatic carbocycles. The van der Waals surface area contributed by atoms with Crippen LogP contribution in [0.1, 0.15) is 35.4 Å². The number of fused-ring (bicyclic) bond motifs is 1. The molecule has 29 heavy (non-hydrogen) atoms. The van der Waals surface area contributed by atoms with Crippen molar-refractivity contribution in [1.82, 2.24) is 5.32 Å². The molecule has 5 nitrogen and oxygen atoms in total. The number of nitrogens with one attached hydrogen (secondary N) is 1. The van der Waals surface area contributed by atoms with E-state index in [9.17, 15) is 9.90 Å². The van der Waals surface area contributed by atoms with Gasteiger partial charge in [-0.1, -0.05) is 54.6 Å². The molecule has 3 aromatic rings. The van der Waals surface area contributed by atoms with Crippen LogP contribution in [-0.2, 0) is 4.74 Å². The van der Waals surface area contributed by atoms with Gasteiger partial charge in [0.25, 0.3) is 0 Å². The Balaban J connectivity index is 1.64. The van der Waals surface area contributed by atoms with Gasteiger partial charge in [0.15, 0.2) is 12.6 Å². The monoisotopic (exact) mass is 393 g/mol. The number of carbonyl (C=O) groups excluding carboxylic acids is 1. The fraction of sp³-hybridized carbons (Fsp3) is 0.292. The lowest BCUT2D eigenvalue weighted by Crippen LogP contribution is -2.33. The summed E-state index contributed by atoms with van der Waals surface area (Å²) in [6.45, 7) is 2.56. The third-order valence-electron chi connectivity index (χ3n) is 4.95. The fourth-order valence-corrected chi connectivity index (χ4v) is 3.36. The van der Waals surface area contributed by atoms with Crippen LogP contribution in [0.5, 0.6) is 5.75 Å². The zero-order chi connectivity index (χ0) is 20.6. The molecule has 0 saturated carbocycles. The van der Waals surface area contributed by atoms with Gasteiger partial charge in [0.2, 0.25) is 0 Å². The van der Waals surface area contributed by atoms with E-state index in [1.807, 2.05) is 67.6 Å². The van der Waals surface area contributed by atoms with E-state index in [0.717, 1.165) is 16.3 Å². The lowest BCUT2D eigenvalue weighted by Gasteiger charge is -2.20. The molecule has 2 unspecified atom stereocenters. The summed E-state index contributed by atoms with van der Waals surface area (Å²) in [6.07, 6.45) is -0.280. The second-order valence-electron chi connectivity index (χ2n) is 6.98. The van der Waals surface area contributed by atoms with Gasteiger partial charge in [-0.15, -0.1) is 0 Å². The predicted molar refractivity (Wildman–Crippen MR) is 114 cm³/mol. The number of benzene rings is 3. The van der Waals surface area contributed by atoms with Crippen LogP contribution in [0.4, 0.5) is 0 Å². The number of aliphatic hydroxyl groups excluding tert-OH is 1. The van der Waals surface area contributed by atoms with Crippen molar-refractivity contribution in [3.63, 3.8) is 0 Å². The summed E-state index contributed by atoms with van der Waals surface area (Å²) in [4.78, 5) is 12.8. The van der Waals surface area contributed by atoms with Crippen LogP contribution in [0, 0.1) is 0 Å². The maximum atomic E-state index is 12.8. The first kappa shape index (κ1) is 21.0. The molecule has 0 aromatic heterocycles. The molecule has 0 radical (unpaired) electrons. The lowest BCUT2D eigenvalue weighted by molar-refractivity contribution is 0.0522. The third kappa shape index (κ3) is 5.21. The first-order valence-electron chi connectivity index (χ1n) is 9.75. The maximum absolute atomic E-state index is 12.8. The first-order valence-corrected chi connectivity index (χ1v) is 9.75. The largest absolute Gasteiger partial charge is 0.467 e. The summed E-state index contributed by atoms with van der Waals surface area (Å²) in [7, 11) is 1.57. The molecule has 152 valence electrons. The van der Waals surface area contributed by atoms with Crippen LogP contribution in [0.15, 0.2) is 66.7 Å². The van der Waals surface area contributed by atoms with Gasteiger partial charge in [0, 0.05) is 37.1 Å². The second-order valence-corrected chi connectivity index (χ2v) is 6.98. The van der Waals surface area contributed by atoms with E-state index < -0.39 is 6.10 Å². The van der Waals surface area contributed by atoms with E-state index in [-0.39, 0.29) is 18.6 Å². The van der Waals surface area contributed by atoms with Crippen molar-refractivity contribution >= 4 is 16.6 Å². The fourth-order valence-electron chi connectivity index (χ4n) is 3.36. The topological polar surface area (TPSA) is 67.8 Å². The van der Waals surface area contributed by atoms with E-state index in [1.54, 1.807) is 13.2 Å². The number of hydrogen-bond donors (Lipinski definition) is 2. The molecule has 2 atom stereocenters. The molecule has 3 aromatic carbocycles. The van der Waals surface area contributed by atoms with Crippen LogP contribution >= 0.6 is 0 Å². The standard InChI is InChI=1S/C24H27NO4/c1-17(24(27)18-8-4-3-5-9-18)25-15-14-22(26)20-12-13-23(29-16-28-2)21-11-7-6-10-19(20)21/h3-13,17,24-25,27H,14-16H2,1-2H3. The Kier molecular flexibility index (Phi) is 7.36. The molecule has 3 rings (SSSR count). The number of hydrogen-bond acceptors (Lipinski definition) is 5. The Bertz CT molecular complexity index is 942. The van der Waals surface area contributed by atoms with E-state index in [0.29, 0.717) is 24.3 Å². The quantitative estimate of drug-likeness (QED) is 0.401. The molecule has 0 aliphatic heterocycles. The van der Waals surface area contributed by atoms with Gasteiger partial charge in [-0.2, -0.15) is 0 Å². The molecule has 0 amide bonds. The highest BCUT2D eigenvalue weighted by atomic mass is 16.7. The van der Waals surface area contributed by atoms with Crippen molar-refractivity contribution in [3.8, 4) is 5.75 Å². The van der Waals surface area contributed by atoms with Crippen LogP contribution in [0.25, 0.3) is 10.8 Å². The Morgan fingerprint density at radius 1 is 1.00 bits per heavy atom. The van der Waals surface area contributed by atoms with Crippen molar-refractivity contribution < 1.29 is 19.4 Å². The van der Waals surface area contributed by atoms with Gasteiger partial charge >= 0.3 is 0 Å². The highest BCUT2D eigenvalue weighted by Gasteiger charge is 2.17. The second kappa shape index (κ2) is 10.2. The van der Waals surface area contributed by atoms with E-state index in [4.69, 9.17) is 9.47 Å². The number of rotatable bonds is 10. The maximum Gasteiger partial charge on any atom is 0.188 e. The van der Waals surface area contributed by atoms with Crippen LogP contribution in [0.2, 0.25) is 0 Å². The number of ketones is 1. The normalized spacial score (nSPS) is 13.2. The zero-order valence-corrected chi connectivity index (χ0v) is 16.8. The van der Waals surface area contributed by atoms with Gasteiger partial charge in [-0.3, -0.25) is 4.79 Å². The van der Waals surface area contributed by atoms with Gasteiger partial charge in [-0.05, 0) is 30.0 Å². The minimum Gasteiger partial charge on any atom is -0.467 e. The number of carbonyl (C=O) groups is 1. The number of methoxy groups -OCH3 is 1. The van der Waals surface area contributed by atoms with Gasteiger partial charge < -0.3 is 19.9 Å². The zero-order valence-electron chi connectivity index (χ0n) is 16.8. The Labute approximate surface area is 171 Å². The van der Waals surface area contributed by atoms with Crippen LogP contribution < -0.4 is 10.1 Å². The summed E-state index contributed by atoms with van der Waals surface area (Å²) < 4.78 is 10.6. The van der Waals surface area contributed by atoms with Gasteiger partial charge in [0.05, 0.1) is 6.10 Å². The predicted octanol–water partition coefficient (Wildman–Crippen LogP) is 4.11. The van der Waals surface area contributed by atoms with Gasteiger partial charge in [0.1, 0.15) is 5.75 Å². The molecule has 0 spiro atoms. The van der Waals surface area contributed by atoms with E-state index in [1.165, 1.54) is 0 Å². The summed E-state index contributed by atoms with van der Waals surface area (Å²) in [5.41, 5.74) is 1.53. The van der Waals surface area contributed by atoms with Crippen molar-refractivity contribution in [2.75, 3.05) is 20.4 Å². The first-order chi connectivity index (χ1) is 14.1. The molecule has 2 N–H and O–H groups in total. The van der Waals surface area contributed by atoms with Gasteiger partial charge in [-0.25, -0.2) is 0 Å². The molecule has 0 saturated heterocycles. The Hall–Kier alpha value is -2.73. The molecule has 0 fully saturated rings. The highest BCUT2D eigenvalue weighted by Crippen LogP contribution is 2.29. The molecule has 0 heterocycles. The number of aliphatic hydroxyl groups is 1. The molecular weight excluding hydrogens is 366 g/mol. The molecule has 0 bridgehead atoms. The average Bonchev–Trinajstić information content (AvgIpc) is 2.77. The summed E-state index contributed by atoms with van der Waals surface area (Å²) in [6, 6.07) is 20.7. The molecule has 5 heteroatoms. The van der Waals surface area contributed by atoms with Crippen LogP contribution in [0.3, 0.4) is 0 Å². The SMILES string of the molecule is COCOc1ccc(C(=O)CCNC(C)C(O)c2ccccc2)c2ccccc12. The van der Waals surface area contributed by atoms with Crippen LogP contribution in [-0.4, -0.2) is 37.4 Å². The summed E-state index contributed by atoms with van der Waals surface area (Å²) in [5.74, 6) is 0.741. The van der Waals surface area contributed by atoms with E-state index in [2.05, 4.69) is 5.32 Å². The van der Waals surface area contributed by atoms with Crippen molar-refractivity contribution in [1.29, 1.82) is 0 Å². The number of Topliss-reactive ketones (excluding diaryl/α,β-unsaturated/α-hetero) is 1. The van der Waals surface area contributed by atoms with Crippen molar-refractivity contribution in [2.24, 2.45) is 0 Å². The average molecular weight is 393 g/mol. The molecule has 0 aliphatic rings. The third-order valence-corrected chi connectivity index (χ3v) is 4.95. The minimum atomic E-state index is -0.621. The number of ether oxygens (including phenoxy) is 2. The van der Waals surface area contributed by atoms with E-state index >= 15 is 0 Å². The summed E-state index contributed by atoms with van der Waals surface area (Å²) >= 11 is 0. The Morgan fingerprint density at radius 3 is 2.41 bits per heavy atom. The summed E-state index contributed by atoms with van der Waals surface area (Å²) in [5, 5.41) is 15.4. The molecular formula is C24H27NO4. The van der Waals surface area contributed by atoms with Crippen molar-refractivity contribution in [2.45, 2.75) is 25.5 Å².